The molecule has 0 spiro atoms. The molecular weight excluding hydrogens is 312 g/mol. The van der Waals surface area contributed by atoms with Gasteiger partial charge in [0.2, 0.25) is 0 Å². The molecule has 138 valence electrons. The Hall–Kier alpha value is -1.54. The molecule has 1 unspecified atom stereocenters. The molecular formula is C16H30N4O4. The Morgan fingerprint density at radius 2 is 2.08 bits per heavy atom. The van der Waals surface area contributed by atoms with E-state index < -0.39 is 5.60 Å². The van der Waals surface area contributed by atoms with Gasteiger partial charge in [-0.05, 0) is 20.8 Å². The minimum absolute atomic E-state index is 0.225. The van der Waals surface area contributed by atoms with Gasteiger partial charge >= 0.3 is 6.09 Å². The molecule has 2 aliphatic heterocycles. The van der Waals surface area contributed by atoms with Crippen molar-refractivity contribution >= 4 is 12.1 Å². The van der Waals surface area contributed by atoms with Crippen molar-refractivity contribution in [2.45, 2.75) is 32.4 Å². The standard InChI is InChI=1S/C16H30N4O4/c1-16(2,3)24-15(21)19-6-7-20-13(12-19)11-18-14(20)17-5-8-23-10-9-22-4/h13H,5-12H2,1-4H3,(H,17,18). The van der Waals surface area contributed by atoms with Crippen LogP contribution in [0.2, 0.25) is 0 Å². The number of methoxy groups -OCH3 is 1. The van der Waals surface area contributed by atoms with Crippen molar-refractivity contribution in [2.24, 2.45) is 4.99 Å². The minimum atomic E-state index is -0.462. The molecule has 8 heteroatoms. The molecule has 1 N–H and O–H groups in total. The number of amides is 1. The van der Waals surface area contributed by atoms with Crippen molar-refractivity contribution in [3.8, 4) is 0 Å². The van der Waals surface area contributed by atoms with Crippen molar-refractivity contribution in [3.05, 3.63) is 0 Å². The van der Waals surface area contributed by atoms with Gasteiger partial charge in [-0.2, -0.15) is 0 Å². The first-order chi connectivity index (χ1) is 11.4. The van der Waals surface area contributed by atoms with Crippen LogP contribution in [0.15, 0.2) is 4.99 Å². The van der Waals surface area contributed by atoms with Gasteiger partial charge in [-0.3, -0.25) is 4.99 Å². The molecule has 2 heterocycles. The quantitative estimate of drug-likeness (QED) is 0.710. The normalized spacial score (nSPS) is 20.7. The van der Waals surface area contributed by atoms with Gasteiger partial charge < -0.3 is 29.3 Å². The first-order valence-corrected chi connectivity index (χ1v) is 8.50. The number of rotatable bonds is 6. The molecule has 0 bridgehead atoms. The lowest BCUT2D eigenvalue weighted by molar-refractivity contribution is 0.0137. The predicted octanol–water partition coefficient (Wildman–Crippen LogP) is 0.530. The van der Waals surface area contributed by atoms with E-state index in [-0.39, 0.29) is 12.1 Å². The fourth-order valence-corrected chi connectivity index (χ4v) is 2.70. The number of ether oxygens (including phenoxy) is 3. The van der Waals surface area contributed by atoms with Crippen LogP contribution in [0.3, 0.4) is 0 Å². The van der Waals surface area contributed by atoms with Gasteiger partial charge in [0.05, 0.1) is 32.4 Å². The Bertz CT molecular complexity index is 450. The summed E-state index contributed by atoms with van der Waals surface area (Å²) in [6.07, 6.45) is -0.241. The van der Waals surface area contributed by atoms with Crippen LogP contribution in [0.4, 0.5) is 4.79 Å². The lowest BCUT2D eigenvalue weighted by Crippen LogP contribution is -2.57. The molecule has 0 aromatic carbocycles. The highest BCUT2D eigenvalue weighted by Crippen LogP contribution is 2.18. The SMILES string of the molecule is COCCOCCNC1=NCC2CN(C(=O)OC(C)(C)C)CCN12. The van der Waals surface area contributed by atoms with Crippen molar-refractivity contribution < 1.29 is 19.0 Å². The zero-order valence-corrected chi connectivity index (χ0v) is 15.2. The van der Waals surface area contributed by atoms with Crippen LogP contribution in [-0.4, -0.2) is 93.1 Å². The van der Waals surface area contributed by atoms with E-state index in [0.29, 0.717) is 46.0 Å². The number of piperazine rings is 1. The van der Waals surface area contributed by atoms with Gasteiger partial charge in [-0.25, -0.2) is 4.79 Å². The van der Waals surface area contributed by atoms with Crippen LogP contribution >= 0.6 is 0 Å². The van der Waals surface area contributed by atoms with Gasteiger partial charge in [0.15, 0.2) is 5.96 Å². The molecule has 0 aromatic heterocycles. The highest BCUT2D eigenvalue weighted by atomic mass is 16.6. The number of nitrogens with zero attached hydrogens (tertiary/aromatic N) is 3. The Morgan fingerprint density at radius 1 is 1.29 bits per heavy atom. The number of guanidine groups is 1. The lowest BCUT2D eigenvalue weighted by atomic mass is 10.2. The van der Waals surface area contributed by atoms with E-state index in [1.807, 2.05) is 20.8 Å². The highest BCUT2D eigenvalue weighted by molar-refractivity contribution is 5.82. The summed E-state index contributed by atoms with van der Waals surface area (Å²) in [5.74, 6) is 0.902. The predicted molar refractivity (Wildman–Crippen MR) is 91.3 cm³/mol. The molecule has 0 aliphatic carbocycles. The van der Waals surface area contributed by atoms with Gasteiger partial charge in [-0.1, -0.05) is 0 Å². The second kappa shape index (κ2) is 8.53. The minimum Gasteiger partial charge on any atom is -0.444 e. The topological polar surface area (TPSA) is 75.6 Å². The largest absolute Gasteiger partial charge is 0.444 e. The van der Waals surface area contributed by atoms with Crippen LogP contribution in [0, 0.1) is 0 Å². The molecule has 8 nitrogen and oxygen atoms in total. The van der Waals surface area contributed by atoms with Crippen molar-refractivity contribution in [2.75, 3.05) is 59.7 Å². The number of carbonyl (C=O) groups excluding carboxylic acids is 1. The van der Waals surface area contributed by atoms with E-state index in [1.54, 1.807) is 12.0 Å². The van der Waals surface area contributed by atoms with Gasteiger partial charge in [0, 0.05) is 33.3 Å². The fourth-order valence-electron chi connectivity index (χ4n) is 2.70. The third-order valence-corrected chi connectivity index (χ3v) is 3.82. The molecule has 1 saturated heterocycles. The molecule has 1 atom stereocenters. The first-order valence-electron chi connectivity index (χ1n) is 8.50. The Balaban J connectivity index is 1.71. The van der Waals surface area contributed by atoms with Crippen LogP contribution in [0.1, 0.15) is 20.8 Å². The van der Waals surface area contributed by atoms with Crippen LogP contribution in [0.25, 0.3) is 0 Å². The summed E-state index contributed by atoms with van der Waals surface area (Å²) in [6, 6.07) is 0.225. The third kappa shape index (κ3) is 5.52. The summed E-state index contributed by atoms with van der Waals surface area (Å²) in [6.45, 7) is 10.9. The average molecular weight is 342 g/mol. The van der Waals surface area contributed by atoms with Crippen molar-refractivity contribution in [1.82, 2.24) is 15.1 Å². The number of carbonyl (C=O) groups is 1. The average Bonchev–Trinajstić information content (AvgIpc) is 2.91. The molecule has 0 radical (unpaired) electrons. The summed E-state index contributed by atoms with van der Waals surface area (Å²) < 4.78 is 15.8. The Kier molecular flexibility index (Phi) is 6.68. The maximum atomic E-state index is 12.2. The van der Waals surface area contributed by atoms with Crippen molar-refractivity contribution in [1.29, 1.82) is 0 Å². The number of aliphatic imine (C=N–C) groups is 1. The van der Waals surface area contributed by atoms with E-state index in [0.717, 1.165) is 12.5 Å². The van der Waals surface area contributed by atoms with Crippen LogP contribution < -0.4 is 5.32 Å². The smallest absolute Gasteiger partial charge is 0.410 e. The summed E-state index contributed by atoms with van der Waals surface area (Å²) >= 11 is 0. The van der Waals surface area contributed by atoms with E-state index >= 15 is 0 Å². The highest BCUT2D eigenvalue weighted by Gasteiger charge is 2.36. The first kappa shape index (κ1) is 18.8. The van der Waals surface area contributed by atoms with Crippen molar-refractivity contribution in [3.63, 3.8) is 0 Å². The Morgan fingerprint density at radius 3 is 2.79 bits per heavy atom. The number of nitrogens with one attached hydrogen (secondary N) is 1. The second-order valence-electron chi connectivity index (χ2n) is 6.97. The molecule has 1 amide bonds. The van der Waals surface area contributed by atoms with Gasteiger partial charge in [-0.15, -0.1) is 0 Å². The second-order valence-corrected chi connectivity index (χ2v) is 6.97. The van der Waals surface area contributed by atoms with E-state index in [9.17, 15) is 4.79 Å². The lowest BCUT2D eigenvalue weighted by Gasteiger charge is -2.39. The number of hydrogen-bond donors (Lipinski definition) is 1. The summed E-state index contributed by atoms with van der Waals surface area (Å²) in [5.41, 5.74) is -0.462. The number of fused-ring (bicyclic) bond motifs is 1. The maximum Gasteiger partial charge on any atom is 0.410 e. The van der Waals surface area contributed by atoms with E-state index in [4.69, 9.17) is 14.2 Å². The van der Waals surface area contributed by atoms with Crippen LogP contribution in [0.5, 0.6) is 0 Å². The van der Waals surface area contributed by atoms with E-state index in [1.165, 1.54) is 0 Å². The third-order valence-electron chi connectivity index (χ3n) is 3.82. The van der Waals surface area contributed by atoms with E-state index in [2.05, 4.69) is 15.2 Å². The molecule has 2 aliphatic rings. The van der Waals surface area contributed by atoms with Gasteiger partial charge in [0.25, 0.3) is 0 Å². The molecule has 2 rings (SSSR count). The van der Waals surface area contributed by atoms with Gasteiger partial charge in [0.1, 0.15) is 5.60 Å². The molecule has 1 fully saturated rings. The number of hydrogen-bond acceptors (Lipinski definition) is 7. The molecule has 0 saturated carbocycles. The zero-order valence-electron chi connectivity index (χ0n) is 15.2. The summed E-state index contributed by atoms with van der Waals surface area (Å²) in [4.78, 5) is 20.8. The maximum absolute atomic E-state index is 12.2. The molecule has 0 aromatic rings. The monoisotopic (exact) mass is 342 g/mol. The zero-order chi connectivity index (χ0) is 17.6. The summed E-state index contributed by atoms with van der Waals surface area (Å²) in [7, 11) is 1.66. The summed E-state index contributed by atoms with van der Waals surface area (Å²) in [5, 5.41) is 3.32. The van der Waals surface area contributed by atoms with Crippen LogP contribution in [-0.2, 0) is 14.2 Å². The fraction of sp³-hybridized carbons (Fsp3) is 0.875. The molecule has 24 heavy (non-hydrogen) atoms. The Labute approximate surface area is 144 Å².